The van der Waals surface area contributed by atoms with Crippen LogP contribution in [0.5, 0.6) is 0 Å². The first-order valence-corrected chi connectivity index (χ1v) is 6.56. The van der Waals surface area contributed by atoms with E-state index in [0.29, 0.717) is 11.7 Å². The average Bonchev–Trinajstić information content (AvgIpc) is 2.33. The van der Waals surface area contributed by atoms with Crippen LogP contribution in [0.4, 0.5) is 10.1 Å². The van der Waals surface area contributed by atoms with Gasteiger partial charge in [0.2, 0.25) is 0 Å². The van der Waals surface area contributed by atoms with E-state index in [4.69, 9.17) is 5.73 Å². The van der Waals surface area contributed by atoms with Crippen LogP contribution in [0.3, 0.4) is 0 Å². The quantitative estimate of drug-likeness (QED) is 0.833. The molecule has 0 spiro atoms. The van der Waals surface area contributed by atoms with Gasteiger partial charge in [-0.3, -0.25) is 9.80 Å². The minimum atomic E-state index is -0.263. The molecule has 0 amide bonds. The van der Waals surface area contributed by atoms with Crippen molar-refractivity contribution >= 4 is 5.69 Å². The summed E-state index contributed by atoms with van der Waals surface area (Å²) >= 11 is 0. The SMILES string of the molecule is CC(C)N1CCN(Cc2ccc(F)cc2N)CC1. The largest absolute Gasteiger partial charge is 0.398 e. The van der Waals surface area contributed by atoms with Crippen LogP contribution in [-0.2, 0) is 6.54 Å². The average molecular weight is 251 g/mol. The summed E-state index contributed by atoms with van der Waals surface area (Å²) in [6.45, 7) is 9.57. The van der Waals surface area contributed by atoms with Crippen LogP contribution < -0.4 is 5.73 Å². The molecule has 1 saturated heterocycles. The third kappa shape index (κ3) is 3.21. The van der Waals surface area contributed by atoms with Gasteiger partial charge in [-0.25, -0.2) is 4.39 Å². The van der Waals surface area contributed by atoms with Crippen molar-refractivity contribution in [3.8, 4) is 0 Å². The van der Waals surface area contributed by atoms with E-state index in [0.717, 1.165) is 38.3 Å². The molecule has 0 radical (unpaired) electrons. The van der Waals surface area contributed by atoms with Gasteiger partial charge in [0.15, 0.2) is 0 Å². The highest BCUT2D eigenvalue weighted by Gasteiger charge is 2.19. The highest BCUT2D eigenvalue weighted by atomic mass is 19.1. The third-order valence-electron chi connectivity index (χ3n) is 3.64. The molecule has 100 valence electrons. The minimum Gasteiger partial charge on any atom is -0.398 e. The highest BCUT2D eigenvalue weighted by Crippen LogP contribution is 2.17. The molecular weight excluding hydrogens is 229 g/mol. The van der Waals surface area contributed by atoms with Gasteiger partial charge in [-0.15, -0.1) is 0 Å². The lowest BCUT2D eigenvalue weighted by molar-refractivity contribution is 0.104. The Bertz CT molecular complexity index is 398. The van der Waals surface area contributed by atoms with E-state index < -0.39 is 0 Å². The summed E-state index contributed by atoms with van der Waals surface area (Å²) in [5, 5.41) is 0. The smallest absolute Gasteiger partial charge is 0.125 e. The Morgan fingerprint density at radius 2 is 1.89 bits per heavy atom. The van der Waals surface area contributed by atoms with Crippen LogP contribution in [0.1, 0.15) is 19.4 Å². The molecule has 0 aliphatic carbocycles. The molecule has 1 aliphatic heterocycles. The van der Waals surface area contributed by atoms with Crippen molar-refractivity contribution in [2.45, 2.75) is 26.4 Å². The van der Waals surface area contributed by atoms with Gasteiger partial charge >= 0.3 is 0 Å². The van der Waals surface area contributed by atoms with Crippen molar-refractivity contribution in [3.05, 3.63) is 29.6 Å². The number of nitrogens with two attached hydrogens (primary N) is 1. The maximum Gasteiger partial charge on any atom is 0.125 e. The first kappa shape index (κ1) is 13.3. The summed E-state index contributed by atoms with van der Waals surface area (Å²) in [5.74, 6) is -0.263. The summed E-state index contributed by atoms with van der Waals surface area (Å²) in [7, 11) is 0. The summed E-state index contributed by atoms with van der Waals surface area (Å²) in [6, 6.07) is 5.29. The predicted molar refractivity (Wildman–Crippen MR) is 72.8 cm³/mol. The van der Waals surface area contributed by atoms with Crippen LogP contribution >= 0.6 is 0 Å². The van der Waals surface area contributed by atoms with E-state index in [1.165, 1.54) is 12.1 Å². The fraction of sp³-hybridized carbons (Fsp3) is 0.571. The van der Waals surface area contributed by atoms with Crippen LogP contribution in [0.25, 0.3) is 0 Å². The molecule has 18 heavy (non-hydrogen) atoms. The number of rotatable bonds is 3. The fourth-order valence-corrected chi connectivity index (χ4v) is 2.39. The molecule has 1 aromatic carbocycles. The second kappa shape index (κ2) is 5.67. The number of benzene rings is 1. The summed E-state index contributed by atoms with van der Waals surface area (Å²) in [4.78, 5) is 4.85. The molecule has 2 rings (SSSR count). The maximum atomic E-state index is 13.0. The fourth-order valence-electron chi connectivity index (χ4n) is 2.39. The Labute approximate surface area is 108 Å². The first-order valence-electron chi connectivity index (χ1n) is 6.56. The van der Waals surface area contributed by atoms with Crippen LogP contribution in [0, 0.1) is 5.82 Å². The molecule has 0 aromatic heterocycles. The molecule has 0 bridgehead atoms. The number of piperazine rings is 1. The van der Waals surface area contributed by atoms with Gasteiger partial charge in [0, 0.05) is 44.5 Å². The monoisotopic (exact) mass is 251 g/mol. The molecule has 1 aliphatic rings. The lowest BCUT2D eigenvalue weighted by Crippen LogP contribution is -2.48. The summed E-state index contributed by atoms with van der Waals surface area (Å²) in [5.41, 5.74) is 7.42. The van der Waals surface area contributed by atoms with Crippen molar-refractivity contribution in [1.82, 2.24) is 9.80 Å². The van der Waals surface area contributed by atoms with Crippen molar-refractivity contribution in [1.29, 1.82) is 0 Å². The third-order valence-corrected chi connectivity index (χ3v) is 3.64. The molecule has 0 unspecified atom stereocenters. The van der Waals surface area contributed by atoms with E-state index in [-0.39, 0.29) is 5.82 Å². The van der Waals surface area contributed by atoms with Gasteiger partial charge < -0.3 is 5.73 Å². The van der Waals surface area contributed by atoms with Gasteiger partial charge in [-0.1, -0.05) is 6.07 Å². The Balaban J connectivity index is 1.91. The van der Waals surface area contributed by atoms with E-state index >= 15 is 0 Å². The Kier molecular flexibility index (Phi) is 4.19. The van der Waals surface area contributed by atoms with Gasteiger partial charge in [0.25, 0.3) is 0 Å². The van der Waals surface area contributed by atoms with Crippen molar-refractivity contribution in [3.63, 3.8) is 0 Å². The molecule has 2 N–H and O–H groups in total. The minimum absolute atomic E-state index is 0.263. The normalized spacial score (nSPS) is 18.4. The number of nitrogen functional groups attached to an aromatic ring is 1. The van der Waals surface area contributed by atoms with Crippen molar-refractivity contribution in [2.75, 3.05) is 31.9 Å². The molecule has 0 saturated carbocycles. The second-order valence-electron chi connectivity index (χ2n) is 5.25. The van der Waals surface area contributed by atoms with Gasteiger partial charge in [0.05, 0.1) is 0 Å². The Morgan fingerprint density at radius 3 is 2.44 bits per heavy atom. The number of anilines is 1. The Hall–Kier alpha value is -1.13. The predicted octanol–water partition coefficient (Wildman–Crippen LogP) is 1.93. The van der Waals surface area contributed by atoms with E-state index in [1.54, 1.807) is 6.07 Å². The van der Waals surface area contributed by atoms with E-state index in [2.05, 4.69) is 23.6 Å². The molecule has 3 nitrogen and oxygen atoms in total. The zero-order valence-electron chi connectivity index (χ0n) is 11.2. The molecule has 1 heterocycles. The first-order chi connectivity index (χ1) is 8.56. The number of hydrogen-bond donors (Lipinski definition) is 1. The summed E-state index contributed by atoms with van der Waals surface area (Å²) in [6.07, 6.45) is 0. The molecular formula is C14H22FN3. The van der Waals surface area contributed by atoms with Crippen LogP contribution in [-0.4, -0.2) is 42.0 Å². The zero-order chi connectivity index (χ0) is 13.1. The number of halogens is 1. The molecule has 1 aromatic rings. The zero-order valence-corrected chi connectivity index (χ0v) is 11.2. The lowest BCUT2D eigenvalue weighted by atomic mass is 10.1. The van der Waals surface area contributed by atoms with E-state index in [1.807, 2.05) is 0 Å². The van der Waals surface area contributed by atoms with Crippen molar-refractivity contribution < 1.29 is 4.39 Å². The van der Waals surface area contributed by atoms with Gasteiger partial charge in [-0.2, -0.15) is 0 Å². The number of hydrogen-bond acceptors (Lipinski definition) is 3. The summed E-state index contributed by atoms with van der Waals surface area (Å²) < 4.78 is 13.0. The van der Waals surface area contributed by atoms with Crippen LogP contribution in [0.2, 0.25) is 0 Å². The molecule has 1 fully saturated rings. The maximum absolute atomic E-state index is 13.0. The highest BCUT2D eigenvalue weighted by molar-refractivity contribution is 5.46. The van der Waals surface area contributed by atoms with Crippen molar-refractivity contribution in [2.24, 2.45) is 0 Å². The topological polar surface area (TPSA) is 32.5 Å². The van der Waals surface area contributed by atoms with Gasteiger partial charge in [0.1, 0.15) is 5.82 Å². The standard InChI is InChI=1S/C14H22FN3/c1-11(2)18-7-5-17(6-8-18)10-12-3-4-13(15)9-14(12)16/h3-4,9,11H,5-8,10,16H2,1-2H3. The van der Waals surface area contributed by atoms with Gasteiger partial charge in [-0.05, 0) is 31.5 Å². The van der Waals surface area contributed by atoms with Crippen LogP contribution in [0.15, 0.2) is 18.2 Å². The molecule has 4 heteroatoms. The molecule has 0 atom stereocenters. The Morgan fingerprint density at radius 1 is 1.22 bits per heavy atom. The second-order valence-corrected chi connectivity index (χ2v) is 5.25. The number of nitrogens with zero attached hydrogens (tertiary/aromatic N) is 2. The van der Waals surface area contributed by atoms with E-state index in [9.17, 15) is 4.39 Å². The lowest BCUT2D eigenvalue weighted by Gasteiger charge is -2.37.